The molecule has 0 bridgehead atoms. The van der Waals surface area contributed by atoms with E-state index in [1.807, 2.05) is 0 Å². The van der Waals surface area contributed by atoms with Crippen molar-refractivity contribution in [3.63, 3.8) is 0 Å². The molecule has 6 aromatic rings. The Morgan fingerprint density at radius 1 is 0.435 bits per heavy atom. The van der Waals surface area contributed by atoms with Gasteiger partial charge < -0.3 is 0 Å². The van der Waals surface area contributed by atoms with E-state index in [2.05, 4.69) is 182 Å². The smallest absolute Gasteiger partial charge is 0.00971 e. The number of hydrogen-bond donors (Lipinski definition) is 0. The molecule has 1 aliphatic rings. The first-order chi connectivity index (χ1) is 22.8. The van der Waals surface area contributed by atoms with Crippen molar-refractivity contribution in [3.05, 3.63) is 182 Å². The molecule has 1 fully saturated rings. The Labute approximate surface area is 279 Å². The van der Waals surface area contributed by atoms with Crippen LogP contribution in [0.4, 0.5) is 0 Å². The van der Waals surface area contributed by atoms with Crippen LogP contribution in [0, 0.1) is 5.92 Å². The summed E-state index contributed by atoms with van der Waals surface area (Å²) in [7, 11) is -1.32. The number of hydrogen-bond acceptors (Lipinski definition) is 0. The molecule has 46 heavy (non-hydrogen) atoms. The van der Waals surface area contributed by atoms with Crippen molar-refractivity contribution in [1.82, 2.24) is 0 Å². The molecule has 228 valence electrons. The van der Waals surface area contributed by atoms with Crippen LogP contribution in [0.1, 0.15) is 19.3 Å². The second-order valence-electron chi connectivity index (χ2n) is 12.1. The summed E-state index contributed by atoms with van der Waals surface area (Å²) in [6, 6.07) is 68.3. The monoisotopic (exact) mass is 650 g/mol. The zero-order valence-corrected chi connectivity index (χ0v) is 28.9. The maximum absolute atomic E-state index is 2.40. The van der Waals surface area contributed by atoms with E-state index in [0.29, 0.717) is 5.66 Å². The minimum absolute atomic E-state index is 0.379. The fourth-order valence-corrected chi connectivity index (χ4v) is 15.6. The lowest BCUT2D eigenvalue weighted by molar-refractivity contribution is 0.670. The third-order valence-corrected chi connectivity index (χ3v) is 17.6. The van der Waals surface area contributed by atoms with Gasteiger partial charge in [-0.2, -0.15) is 0 Å². The molecule has 0 saturated heterocycles. The fourth-order valence-electron chi connectivity index (χ4n) is 6.86. The molecule has 0 aliphatic heterocycles. The van der Waals surface area contributed by atoms with E-state index >= 15 is 0 Å². The second-order valence-corrected chi connectivity index (χ2v) is 19.4. The van der Waals surface area contributed by atoms with Crippen molar-refractivity contribution < 1.29 is 0 Å². The predicted molar refractivity (Wildman–Crippen MR) is 207 cm³/mol. The van der Waals surface area contributed by atoms with Crippen molar-refractivity contribution in [3.8, 4) is 0 Å². The maximum Gasteiger partial charge on any atom is -0.00971 e. The molecule has 3 atom stereocenters. The molecule has 7 rings (SSSR count). The largest absolute Gasteiger partial charge is 0.0622 e. The van der Waals surface area contributed by atoms with E-state index < -0.39 is 15.8 Å². The lowest BCUT2D eigenvalue weighted by Crippen LogP contribution is -2.25. The number of rotatable bonds is 13. The molecule has 0 nitrogen and oxygen atoms in total. The van der Waals surface area contributed by atoms with Crippen LogP contribution in [-0.2, 0) is 0 Å². The Morgan fingerprint density at radius 3 is 1.17 bits per heavy atom. The van der Waals surface area contributed by atoms with Crippen LogP contribution in [0.15, 0.2) is 182 Å². The SMILES string of the molecule is c1ccc(P(CCC(CC2CC2P(c2ccccc2)c2ccccc2)P(c2ccccc2)c2ccccc2)c2ccccc2)cc1. The summed E-state index contributed by atoms with van der Waals surface area (Å²) in [5.41, 5.74) is 1.37. The molecule has 0 N–H and O–H groups in total. The van der Waals surface area contributed by atoms with Gasteiger partial charge in [0.2, 0.25) is 0 Å². The van der Waals surface area contributed by atoms with Gasteiger partial charge in [-0.3, -0.25) is 0 Å². The summed E-state index contributed by atoms with van der Waals surface area (Å²) in [6.07, 6.45) is 5.09. The maximum atomic E-state index is 2.40. The molecule has 0 aromatic heterocycles. The van der Waals surface area contributed by atoms with Gasteiger partial charge in [0.25, 0.3) is 0 Å². The molecular formula is C43H41P3. The molecule has 1 aliphatic carbocycles. The Balaban J connectivity index is 1.23. The Morgan fingerprint density at radius 2 is 0.783 bits per heavy atom. The summed E-state index contributed by atoms with van der Waals surface area (Å²) in [5, 5.41) is 9.07. The first kappa shape index (κ1) is 31.2. The Hall–Kier alpha value is -3.39. The quantitative estimate of drug-likeness (QED) is 0.110. The molecule has 1 saturated carbocycles. The third kappa shape index (κ3) is 7.59. The van der Waals surface area contributed by atoms with Crippen molar-refractivity contribution in [2.45, 2.75) is 30.6 Å². The van der Waals surface area contributed by atoms with E-state index in [-0.39, 0.29) is 7.92 Å². The van der Waals surface area contributed by atoms with Crippen LogP contribution in [0.3, 0.4) is 0 Å². The molecule has 0 amide bonds. The van der Waals surface area contributed by atoms with Gasteiger partial charge in [0.15, 0.2) is 0 Å². The molecule has 6 aromatic carbocycles. The van der Waals surface area contributed by atoms with Crippen molar-refractivity contribution in [2.24, 2.45) is 5.92 Å². The Bertz CT molecular complexity index is 1630. The van der Waals surface area contributed by atoms with Crippen LogP contribution in [0.2, 0.25) is 0 Å². The summed E-state index contributed by atoms with van der Waals surface area (Å²) < 4.78 is 0. The van der Waals surface area contributed by atoms with Crippen LogP contribution >= 0.6 is 23.8 Å². The van der Waals surface area contributed by atoms with Crippen molar-refractivity contribution in [1.29, 1.82) is 0 Å². The van der Waals surface area contributed by atoms with Crippen molar-refractivity contribution >= 4 is 55.6 Å². The minimum Gasteiger partial charge on any atom is -0.0622 e. The average molecular weight is 651 g/mol. The first-order valence-electron chi connectivity index (χ1n) is 16.5. The van der Waals surface area contributed by atoms with Gasteiger partial charge in [0.1, 0.15) is 0 Å². The zero-order valence-electron chi connectivity index (χ0n) is 26.2. The summed E-state index contributed by atoms with van der Waals surface area (Å²) >= 11 is 0. The van der Waals surface area contributed by atoms with Crippen LogP contribution in [0.25, 0.3) is 0 Å². The first-order valence-corrected chi connectivity index (χ1v) is 20.9. The van der Waals surface area contributed by atoms with Gasteiger partial charge in [0, 0.05) is 0 Å². The molecule has 3 heteroatoms. The van der Waals surface area contributed by atoms with E-state index in [0.717, 1.165) is 11.6 Å². The standard InChI is InChI=1S/C43H41P3/c1-7-19-36(20-8-1)44(37-21-9-2-10-22-37)32-31-42(45(38-23-11-3-12-24-38)39-25-13-4-14-26-39)33-35-34-43(35)46(40-27-15-5-16-28-40)41-29-17-6-18-30-41/h1-30,35,42-43H,31-34H2. The van der Waals surface area contributed by atoms with Gasteiger partial charge in [-0.15, -0.1) is 0 Å². The van der Waals surface area contributed by atoms with E-state index in [1.54, 1.807) is 0 Å². The average Bonchev–Trinajstić information content (AvgIpc) is 3.89. The highest BCUT2D eigenvalue weighted by Crippen LogP contribution is 2.60. The highest BCUT2D eigenvalue weighted by Gasteiger charge is 2.46. The summed E-state index contributed by atoms with van der Waals surface area (Å²) in [4.78, 5) is 0. The normalized spacial score (nSPS) is 16.5. The minimum atomic E-state index is -0.505. The molecule has 0 radical (unpaired) electrons. The topological polar surface area (TPSA) is 0 Å². The Kier molecular flexibility index (Phi) is 10.5. The highest BCUT2D eigenvalue weighted by atomic mass is 31.1. The van der Waals surface area contributed by atoms with Gasteiger partial charge in [0.05, 0.1) is 0 Å². The van der Waals surface area contributed by atoms with Gasteiger partial charge in [-0.25, -0.2) is 0 Å². The van der Waals surface area contributed by atoms with Crippen LogP contribution in [-0.4, -0.2) is 17.5 Å². The second kappa shape index (κ2) is 15.5. The van der Waals surface area contributed by atoms with Gasteiger partial charge in [-0.05, 0) is 98.3 Å². The molecule has 0 heterocycles. The van der Waals surface area contributed by atoms with E-state index in [9.17, 15) is 0 Å². The lowest BCUT2D eigenvalue weighted by Gasteiger charge is -2.31. The molecular weight excluding hydrogens is 609 g/mol. The van der Waals surface area contributed by atoms with Crippen molar-refractivity contribution in [2.75, 3.05) is 6.16 Å². The van der Waals surface area contributed by atoms with E-state index in [4.69, 9.17) is 0 Å². The lowest BCUT2D eigenvalue weighted by atomic mass is 10.2. The fraction of sp³-hybridized carbons (Fsp3) is 0.163. The summed E-state index contributed by atoms with van der Waals surface area (Å²) in [5.74, 6) is 0.758. The molecule has 0 spiro atoms. The number of benzene rings is 6. The molecule has 3 unspecified atom stereocenters. The van der Waals surface area contributed by atoms with Gasteiger partial charge in [-0.1, -0.05) is 182 Å². The van der Waals surface area contributed by atoms with Crippen LogP contribution in [0.5, 0.6) is 0 Å². The van der Waals surface area contributed by atoms with E-state index in [1.165, 1.54) is 57.3 Å². The van der Waals surface area contributed by atoms with Gasteiger partial charge >= 0.3 is 0 Å². The predicted octanol–water partition coefficient (Wildman–Crippen LogP) is 8.92. The third-order valence-electron chi connectivity index (χ3n) is 9.12. The highest BCUT2D eigenvalue weighted by molar-refractivity contribution is 7.74. The summed E-state index contributed by atoms with van der Waals surface area (Å²) in [6.45, 7) is 0. The van der Waals surface area contributed by atoms with Crippen LogP contribution < -0.4 is 31.8 Å². The zero-order chi connectivity index (χ0) is 31.0.